The van der Waals surface area contributed by atoms with Crippen LogP contribution in [0.4, 0.5) is 19.0 Å². The summed E-state index contributed by atoms with van der Waals surface area (Å²) in [5.41, 5.74) is 0.445. The summed E-state index contributed by atoms with van der Waals surface area (Å²) in [4.78, 5) is 8.16. The van der Waals surface area contributed by atoms with Crippen LogP contribution in [0.2, 0.25) is 5.15 Å². The molecule has 0 spiro atoms. The molecule has 1 aliphatic rings. The lowest BCUT2D eigenvalue weighted by Gasteiger charge is -2.12. The van der Waals surface area contributed by atoms with Crippen molar-refractivity contribution in [3.05, 3.63) is 16.5 Å². The maximum Gasteiger partial charge on any atom is 0.405 e. The van der Waals surface area contributed by atoms with Crippen molar-refractivity contribution in [3.8, 4) is 0 Å². The van der Waals surface area contributed by atoms with Crippen molar-refractivity contribution >= 4 is 17.4 Å². The molecule has 0 unspecified atom stereocenters. The first-order valence-corrected chi connectivity index (χ1v) is 5.59. The Bertz CT molecular complexity index is 430. The molecule has 1 aromatic heterocycles. The minimum atomic E-state index is -4.27. The van der Waals surface area contributed by atoms with Crippen molar-refractivity contribution in [3.63, 3.8) is 0 Å². The average Bonchev–Trinajstić information content (AvgIpc) is 3.02. The van der Waals surface area contributed by atoms with Gasteiger partial charge in [-0.3, -0.25) is 0 Å². The van der Waals surface area contributed by atoms with E-state index in [2.05, 4.69) is 15.3 Å². The van der Waals surface area contributed by atoms with Crippen LogP contribution in [-0.4, -0.2) is 22.7 Å². The molecule has 0 amide bonds. The molecule has 0 aliphatic heterocycles. The number of rotatable bonds is 3. The van der Waals surface area contributed by atoms with Gasteiger partial charge >= 0.3 is 6.18 Å². The van der Waals surface area contributed by atoms with E-state index in [1.54, 1.807) is 6.92 Å². The molecule has 0 atom stereocenters. The van der Waals surface area contributed by atoms with Gasteiger partial charge in [0.25, 0.3) is 0 Å². The number of nitrogens with one attached hydrogen (secondary N) is 1. The van der Waals surface area contributed by atoms with Crippen LogP contribution in [0.15, 0.2) is 0 Å². The molecule has 1 aromatic rings. The highest BCUT2D eigenvalue weighted by Crippen LogP contribution is 2.39. The van der Waals surface area contributed by atoms with E-state index in [-0.39, 0.29) is 16.9 Å². The summed E-state index contributed by atoms with van der Waals surface area (Å²) in [7, 11) is 0. The third-order valence-electron chi connectivity index (χ3n) is 2.50. The number of halogens is 4. The van der Waals surface area contributed by atoms with Crippen molar-refractivity contribution < 1.29 is 13.2 Å². The van der Waals surface area contributed by atoms with Crippen molar-refractivity contribution in [1.29, 1.82) is 0 Å². The van der Waals surface area contributed by atoms with Gasteiger partial charge in [-0.05, 0) is 19.8 Å². The van der Waals surface area contributed by atoms with Crippen LogP contribution >= 0.6 is 11.6 Å². The zero-order valence-electron chi connectivity index (χ0n) is 9.10. The largest absolute Gasteiger partial charge is 0.405 e. The average molecular weight is 266 g/mol. The van der Waals surface area contributed by atoms with Gasteiger partial charge in [-0.15, -0.1) is 0 Å². The van der Waals surface area contributed by atoms with Gasteiger partial charge in [0.15, 0.2) is 0 Å². The van der Waals surface area contributed by atoms with Gasteiger partial charge in [0.05, 0.1) is 0 Å². The summed E-state index contributed by atoms with van der Waals surface area (Å²) < 4.78 is 36.3. The molecule has 0 aromatic carbocycles. The van der Waals surface area contributed by atoms with Crippen LogP contribution in [0, 0.1) is 6.92 Å². The molecule has 1 N–H and O–H groups in total. The maximum atomic E-state index is 12.1. The van der Waals surface area contributed by atoms with Crippen LogP contribution in [0.1, 0.15) is 30.1 Å². The highest BCUT2D eigenvalue weighted by molar-refractivity contribution is 6.30. The van der Waals surface area contributed by atoms with Gasteiger partial charge in [0, 0.05) is 11.5 Å². The van der Waals surface area contributed by atoms with E-state index in [1.807, 2.05) is 0 Å². The van der Waals surface area contributed by atoms with Gasteiger partial charge in [0.2, 0.25) is 0 Å². The minimum Gasteiger partial charge on any atom is -0.361 e. The first-order valence-electron chi connectivity index (χ1n) is 5.21. The normalized spacial score (nSPS) is 16.1. The van der Waals surface area contributed by atoms with Crippen molar-refractivity contribution in [2.75, 3.05) is 11.9 Å². The monoisotopic (exact) mass is 265 g/mol. The van der Waals surface area contributed by atoms with E-state index in [1.165, 1.54) is 0 Å². The third kappa shape index (κ3) is 3.21. The smallest absolute Gasteiger partial charge is 0.361 e. The fraction of sp³-hybridized carbons (Fsp3) is 0.600. The lowest BCUT2D eigenvalue weighted by molar-refractivity contribution is -0.115. The van der Waals surface area contributed by atoms with Crippen LogP contribution < -0.4 is 5.32 Å². The minimum absolute atomic E-state index is 0.171. The Kier molecular flexibility index (Phi) is 3.16. The molecule has 0 radical (unpaired) electrons. The predicted octanol–water partition coefficient (Wildman–Crippen LogP) is 3.29. The quantitative estimate of drug-likeness (QED) is 0.852. The highest BCUT2D eigenvalue weighted by Gasteiger charge is 2.30. The number of alkyl halides is 3. The second kappa shape index (κ2) is 4.33. The molecule has 3 nitrogen and oxygen atoms in total. The van der Waals surface area contributed by atoms with Gasteiger partial charge in [-0.25, -0.2) is 9.97 Å². The van der Waals surface area contributed by atoms with E-state index < -0.39 is 12.7 Å². The Morgan fingerprint density at radius 3 is 2.53 bits per heavy atom. The molecule has 2 rings (SSSR count). The predicted molar refractivity (Wildman–Crippen MR) is 58.3 cm³/mol. The van der Waals surface area contributed by atoms with E-state index in [4.69, 9.17) is 11.6 Å². The first-order chi connectivity index (χ1) is 7.87. The molecule has 1 aliphatic carbocycles. The standard InChI is InChI=1S/C10H11ClF3N3/c1-5-7(11)16-9(6-2-3-6)17-8(5)15-4-10(12,13)14/h6H,2-4H2,1H3,(H,15,16,17). The summed E-state index contributed by atoms with van der Waals surface area (Å²) in [6.45, 7) is 0.475. The number of hydrogen-bond acceptors (Lipinski definition) is 3. The molecular formula is C10H11ClF3N3. The van der Waals surface area contributed by atoms with Crippen LogP contribution in [-0.2, 0) is 0 Å². The zero-order chi connectivity index (χ0) is 12.6. The number of anilines is 1. The Balaban J connectivity index is 2.19. The fourth-order valence-electron chi connectivity index (χ4n) is 1.39. The van der Waals surface area contributed by atoms with Crippen molar-refractivity contribution in [2.24, 2.45) is 0 Å². The summed E-state index contributed by atoms with van der Waals surface area (Å²) >= 11 is 5.87. The van der Waals surface area contributed by atoms with E-state index in [0.29, 0.717) is 11.4 Å². The van der Waals surface area contributed by atoms with Gasteiger partial charge in [-0.1, -0.05) is 11.6 Å². The molecule has 7 heteroatoms. The number of aromatic nitrogens is 2. The number of nitrogens with zero attached hydrogens (tertiary/aromatic N) is 2. The third-order valence-corrected chi connectivity index (χ3v) is 2.87. The Morgan fingerprint density at radius 2 is 2.00 bits per heavy atom. The van der Waals surface area contributed by atoms with Crippen LogP contribution in [0.3, 0.4) is 0 Å². The topological polar surface area (TPSA) is 37.8 Å². The van der Waals surface area contributed by atoms with Gasteiger partial charge < -0.3 is 5.32 Å². The second-order valence-corrected chi connectivity index (χ2v) is 4.45. The molecule has 0 bridgehead atoms. The fourth-order valence-corrected chi connectivity index (χ4v) is 1.56. The number of hydrogen-bond donors (Lipinski definition) is 1. The van der Waals surface area contributed by atoms with Gasteiger partial charge in [0.1, 0.15) is 23.3 Å². The maximum absolute atomic E-state index is 12.1. The molecule has 1 saturated carbocycles. The first kappa shape index (κ1) is 12.4. The Morgan fingerprint density at radius 1 is 1.35 bits per heavy atom. The molecule has 0 saturated heterocycles. The highest BCUT2D eigenvalue weighted by atomic mass is 35.5. The van der Waals surface area contributed by atoms with Crippen LogP contribution in [0.25, 0.3) is 0 Å². The molecule has 1 heterocycles. The summed E-state index contributed by atoms with van der Waals surface area (Å²) in [5.74, 6) is 0.953. The van der Waals surface area contributed by atoms with Crippen molar-refractivity contribution in [1.82, 2.24) is 9.97 Å². The summed E-state index contributed by atoms with van der Waals surface area (Å²) in [6, 6.07) is 0. The molecule has 94 valence electrons. The van der Waals surface area contributed by atoms with E-state index in [0.717, 1.165) is 12.8 Å². The zero-order valence-corrected chi connectivity index (χ0v) is 9.86. The summed E-state index contributed by atoms with van der Waals surface area (Å²) in [6.07, 6.45) is -2.33. The lowest BCUT2D eigenvalue weighted by Crippen LogP contribution is -2.22. The molecular weight excluding hydrogens is 255 g/mol. The second-order valence-electron chi connectivity index (χ2n) is 4.09. The molecule has 17 heavy (non-hydrogen) atoms. The van der Waals surface area contributed by atoms with Crippen LogP contribution in [0.5, 0.6) is 0 Å². The SMILES string of the molecule is Cc1c(Cl)nc(C2CC2)nc1NCC(F)(F)F. The lowest BCUT2D eigenvalue weighted by atomic mass is 10.3. The van der Waals surface area contributed by atoms with Crippen molar-refractivity contribution in [2.45, 2.75) is 31.9 Å². The summed E-state index contributed by atoms with van der Waals surface area (Å²) in [5, 5.41) is 2.47. The van der Waals surface area contributed by atoms with E-state index >= 15 is 0 Å². The Labute approximate surface area is 101 Å². The van der Waals surface area contributed by atoms with E-state index in [9.17, 15) is 13.2 Å². The molecule has 1 fully saturated rings. The Hall–Kier alpha value is -1.04. The van der Waals surface area contributed by atoms with Gasteiger partial charge in [-0.2, -0.15) is 13.2 Å².